The van der Waals surface area contributed by atoms with Gasteiger partial charge in [0.2, 0.25) is 5.91 Å². The predicted octanol–water partition coefficient (Wildman–Crippen LogP) is 2.16. The minimum Gasteiger partial charge on any atom is -0.353 e. The van der Waals surface area contributed by atoms with Crippen molar-refractivity contribution in [3.05, 3.63) is 53.3 Å². The van der Waals surface area contributed by atoms with Crippen molar-refractivity contribution in [3.63, 3.8) is 0 Å². The first-order valence-corrected chi connectivity index (χ1v) is 6.64. The van der Waals surface area contributed by atoms with Crippen LogP contribution in [0.5, 0.6) is 0 Å². The lowest BCUT2D eigenvalue weighted by atomic mass is 10.1. The summed E-state index contributed by atoms with van der Waals surface area (Å²) in [6, 6.07) is 11.5. The van der Waals surface area contributed by atoms with Crippen molar-refractivity contribution in [1.29, 1.82) is 0 Å². The molecular formula is C15H22Cl2N4O. The molecule has 1 unspecified atom stereocenters. The Hall–Kier alpha value is -1.56. The average Bonchev–Trinajstić information content (AvgIpc) is 2.75. The van der Waals surface area contributed by atoms with Gasteiger partial charge in [0.05, 0.1) is 5.69 Å². The Morgan fingerprint density at radius 2 is 1.91 bits per heavy atom. The monoisotopic (exact) mass is 344 g/mol. The molecule has 3 N–H and O–H groups in total. The van der Waals surface area contributed by atoms with Crippen molar-refractivity contribution < 1.29 is 4.79 Å². The van der Waals surface area contributed by atoms with Crippen LogP contribution in [-0.2, 0) is 11.3 Å². The molecule has 1 atom stereocenters. The summed E-state index contributed by atoms with van der Waals surface area (Å²) >= 11 is 0. The van der Waals surface area contributed by atoms with Gasteiger partial charge < -0.3 is 11.1 Å². The highest BCUT2D eigenvalue weighted by molar-refractivity contribution is 5.85. The molecule has 1 aromatic heterocycles. The highest BCUT2D eigenvalue weighted by Gasteiger charge is 2.10. The number of rotatable bonds is 5. The number of amides is 1. The molecule has 2 aromatic rings. The second-order valence-electron chi connectivity index (χ2n) is 4.91. The SMILES string of the molecule is Cc1cc(C)n(CC(=O)NCC(N)c2ccccc2)n1.Cl.Cl. The van der Waals surface area contributed by atoms with Gasteiger partial charge >= 0.3 is 0 Å². The second-order valence-corrected chi connectivity index (χ2v) is 4.91. The third-order valence-electron chi connectivity index (χ3n) is 3.14. The minimum absolute atomic E-state index is 0. The summed E-state index contributed by atoms with van der Waals surface area (Å²) in [6.45, 7) is 4.49. The number of nitrogens with one attached hydrogen (secondary N) is 1. The Morgan fingerprint density at radius 3 is 2.45 bits per heavy atom. The van der Waals surface area contributed by atoms with Crippen LogP contribution in [0.1, 0.15) is 23.0 Å². The fraction of sp³-hybridized carbons (Fsp3) is 0.333. The molecule has 0 bridgehead atoms. The van der Waals surface area contributed by atoms with Crippen LogP contribution in [0.3, 0.4) is 0 Å². The van der Waals surface area contributed by atoms with Crippen LogP contribution >= 0.6 is 24.8 Å². The van der Waals surface area contributed by atoms with E-state index >= 15 is 0 Å². The number of hydrogen-bond donors (Lipinski definition) is 2. The zero-order chi connectivity index (χ0) is 14.5. The lowest BCUT2D eigenvalue weighted by Gasteiger charge is -2.13. The normalized spacial score (nSPS) is 11.0. The zero-order valence-corrected chi connectivity index (χ0v) is 14.3. The number of nitrogens with zero attached hydrogens (tertiary/aromatic N) is 2. The van der Waals surface area contributed by atoms with Gasteiger partial charge in [-0.1, -0.05) is 30.3 Å². The molecule has 7 heteroatoms. The molecule has 22 heavy (non-hydrogen) atoms. The first-order chi connectivity index (χ1) is 9.56. The summed E-state index contributed by atoms with van der Waals surface area (Å²) in [5.41, 5.74) is 8.94. The fourth-order valence-electron chi connectivity index (χ4n) is 2.07. The smallest absolute Gasteiger partial charge is 0.241 e. The Balaban J connectivity index is 0.00000220. The fourth-order valence-corrected chi connectivity index (χ4v) is 2.07. The van der Waals surface area contributed by atoms with Gasteiger partial charge in [0.15, 0.2) is 0 Å². The average molecular weight is 345 g/mol. The molecular weight excluding hydrogens is 323 g/mol. The van der Waals surface area contributed by atoms with E-state index in [1.165, 1.54) is 0 Å². The number of benzene rings is 1. The standard InChI is InChI=1S/C15H20N4O.2ClH/c1-11-8-12(2)19(18-11)10-15(20)17-9-14(16)13-6-4-3-5-7-13;;/h3-8,14H,9-10,16H2,1-2H3,(H,17,20);2*1H. The van der Waals surface area contributed by atoms with Crippen molar-refractivity contribution in [2.75, 3.05) is 6.54 Å². The highest BCUT2D eigenvalue weighted by atomic mass is 35.5. The molecule has 0 radical (unpaired) electrons. The molecule has 1 heterocycles. The van der Waals surface area contributed by atoms with Crippen molar-refractivity contribution in [3.8, 4) is 0 Å². The molecule has 0 aliphatic rings. The van der Waals surface area contributed by atoms with E-state index in [1.807, 2.05) is 50.2 Å². The topological polar surface area (TPSA) is 72.9 Å². The van der Waals surface area contributed by atoms with Gasteiger partial charge in [0.1, 0.15) is 6.54 Å². The number of hydrogen-bond acceptors (Lipinski definition) is 3. The van der Waals surface area contributed by atoms with Crippen molar-refractivity contribution >= 4 is 30.7 Å². The molecule has 2 rings (SSSR count). The Morgan fingerprint density at radius 1 is 1.27 bits per heavy atom. The van der Waals surface area contributed by atoms with E-state index in [9.17, 15) is 4.79 Å². The van der Waals surface area contributed by atoms with E-state index in [4.69, 9.17) is 5.73 Å². The third-order valence-corrected chi connectivity index (χ3v) is 3.14. The van der Waals surface area contributed by atoms with Gasteiger partial charge in [-0.15, -0.1) is 24.8 Å². The summed E-state index contributed by atoms with van der Waals surface area (Å²) < 4.78 is 1.69. The van der Waals surface area contributed by atoms with E-state index in [1.54, 1.807) is 4.68 Å². The summed E-state index contributed by atoms with van der Waals surface area (Å²) in [5, 5.41) is 7.10. The molecule has 1 aromatic carbocycles. The maximum absolute atomic E-state index is 11.9. The molecule has 122 valence electrons. The minimum atomic E-state index is -0.194. The van der Waals surface area contributed by atoms with E-state index < -0.39 is 0 Å². The van der Waals surface area contributed by atoms with Crippen LogP contribution in [0.25, 0.3) is 0 Å². The number of nitrogens with two attached hydrogens (primary N) is 1. The third kappa shape index (κ3) is 5.67. The quantitative estimate of drug-likeness (QED) is 0.872. The van der Waals surface area contributed by atoms with E-state index in [2.05, 4.69) is 10.4 Å². The van der Waals surface area contributed by atoms with E-state index in [0.29, 0.717) is 6.54 Å². The van der Waals surface area contributed by atoms with Crippen LogP contribution in [0.4, 0.5) is 0 Å². The molecule has 0 spiro atoms. The van der Waals surface area contributed by atoms with E-state index in [-0.39, 0.29) is 43.3 Å². The molecule has 1 amide bonds. The lowest BCUT2D eigenvalue weighted by molar-refractivity contribution is -0.121. The highest BCUT2D eigenvalue weighted by Crippen LogP contribution is 2.08. The summed E-state index contributed by atoms with van der Waals surface area (Å²) in [4.78, 5) is 11.9. The molecule has 0 saturated carbocycles. The van der Waals surface area contributed by atoms with Crippen LogP contribution in [0, 0.1) is 13.8 Å². The van der Waals surface area contributed by atoms with Gasteiger partial charge in [-0.05, 0) is 25.5 Å². The van der Waals surface area contributed by atoms with Gasteiger partial charge in [0, 0.05) is 18.3 Å². The summed E-state index contributed by atoms with van der Waals surface area (Å²) in [5.74, 6) is -0.0809. The van der Waals surface area contributed by atoms with Crippen LogP contribution in [0.15, 0.2) is 36.4 Å². The number of carbonyl (C=O) groups is 1. The predicted molar refractivity (Wildman–Crippen MR) is 92.6 cm³/mol. The summed E-state index contributed by atoms with van der Waals surface area (Å²) in [7, 11) is 0. The maximum atomic E-state index is 11.9. The van der Waals surface area contributed by atoms with Crippen LogP contribution < -0.4 is 11.1 Å². The number of aryl methyl sites for hydroxylation is 2. The number of halogens is 2. The van der Waals surface area contributed by atoms with Gasteiger partial charge in [0.25, 0.3) is 0 Å². The first-order valence-electron chi connectivity index (χ1n) is 6.64. The number of carbonyl (C=O) groups excluding carboxylic acids is 1. The Bertz CT molecular complexity index is 586. The van der Waals surface area contributed by atoms with Gasteiger partial charge in [-0.25, -0.2) is 0 Å². The van der Waals surface area contributed by atoms with Crippen LogP contribution in [-0.4, -0.2) is 22.2 Å². The Labute approximate surface area is 143 Å². The second kappa shape index (κ2) is 9.46. The largest absolute Gasteiger partial charge is 0.353 e. The van der Waals surface area contributed by atoms with Gasteiger partial charge in [-0.3, -0.25) is 9.48 Å². The molecule has 0 aliphatic carbocycles. The van der Waals surface area contributed by atoms with Crippen molar-refractivity contribution in [2.24, 2.45) is 5.73 Å². The van der Waals surface area contributed by atoms with Crippen molar-refractivity contribution in [1.82, 2.24) is 15.1 Å². The number of aromatic nitrogens is 2. The Kier molecular flexibility index (Phi) is 8.79. The first kappa shape index (κ1) is 20.4. The van der Waals surface area contributed by atoms with E-state index in [0.717, 1.165) is 17.0 Å². The maximum Gasteiger partial charge on any atom is 0.241 e. The molecule has 0 aliphatic heterocycles. The lowest BCUT2D eigenvalue weighted by Crippen LogP contribution is -2.34. The molecule has 0 fully saturated rings. The van der Waals surface area contributed by atoms with Crippen molar-refractivity contribution in [2.45, 2.75) is 26.4 Å². The van der Waals surface area contributed by atoms with Crippen LogP contribution in [0.2, 0.25) is 0 Å². The summed E-state index contributed by atoms with van der Waals surface area (Å²) in [6.07, 6.45) is 0. The zero-order valence-electron chi connectivity index (χ0n) is 12.7. The molecule has 5 nitrogen and oxygen atoms in total. The van der Waals surface area contributed by atoms with Gasteiger partial charge in [-0.2, -0.15) is 5.10 Å². The molecule has 0 saturated heterocycles.